The van der Waals surface area contributed by atoms with Crippen molar-refractivity contribution < 1.29 is 19.4 Å². The molecule has 0 fully saturated rings. The summed E-state index contributed by atoms with van der Waals surface area (Å²) in [4.78, 5) is 22.8. The Labute approximate surface area is 138 Å². The van der Waals surface area contributed by atoms with E-state index in [1.165, 1.54) is 0 Å². The summed E-state index contributed by atoms with van der Waals surface area (Å²) in [5.41, 5.74) is 0.964. The highest BCUT2D eigenvalue weighted by atomic mass is 16.5. The van der Waals surface area contributed by atoms with E-state index in [-0.39, 0.29) is 24.5 Å². The van der Waals surface area contributed by atoms with Gasteiger partial charge in [0.05, 0.1) is 6.04 Å². The van der Waals surface area contributed by atoms with Crippen molar-refractivity contribution in [2.24, 2.45) is 5.92 Å². The Morgan fingerprint density at radius 2 is 1.87 bits per heavy atom. The first-order valence-corrected chi connectivity index (χ1v) is 8.22. The van der Waals surface area contributed by atoms with Gasteiger partial charge in [-0.3, -0.25) is 4.79 Å². The number of ether oxygens (including phenoxy) is 1. The Kier molecular flexibility index (Phi) is 8.16. The quantitative estimate of drug-likeness (QED) is 0.691. The summed E-state index contributed by atoms with van der Waals surface area (Å²) in [5, 5.41) is 11.6. The van der Waals surface area contributed by atoms with Gasteiger partial charge in [-0.1, -0.05) is 38.8 Å². The maximum absolute atomic E-state index is 12.3. The number of carbonyl (C=O) groups is 2. The average Bonchev–Trinajstić information content (AvgIpc) is 2.54. The lowest BCUT2D eigenvalue weighted by Crippen LogP contribution is -2.32. The maximum Gasteiger partial charge on any atom is 0.341 e. The first-order valence-electron chi connectivity index (χ1n) is 8.22. The van der Waals surface area contributed by atoms with Gasteiger partial charge in [-0.15, -0.1) is 0 Å². The summed E-state index contributed by atoms with van der Waals surface area (Å²) in [5.74, 6) is -0.341. The highest BCUT2D eigenvalue weighted by Gasteiger charge is 2.18. The van der Waals surface area contributed by atoms with Crippen molar-refractivity contribution in [3.05, 3.63) is 29.8 Å². The fraction of sp³-hybridized carbons (Fsp3) is 0.556. The van der Waals surface area contributed by atoms with E-state index >= 15 is 0 Å². The van der Waals surface area contributed by atoms with Crippen LogP contribution in [0.4, 0.5) is 0 Å². The minimum absolute atomic E-state index is 0.0653. The van der Waals surface area contributed by atoms with Crippen molar-refractivity contribution in [1.29, 1.82) is 0 Å². The Morgan fingerprint density at radius 1 is 1.22 bits per heavy atom. The topological polar surface area (TPSA) is 75.6 Å². The standard InChI is InChI=1S/C18H27NO4/c1-4-6-7-14(5-2)18(22)19-13(3)15-8-10-16(11-9-15)23-12-17(20)21/h8-11,13-14H,4-7,12H2,1-3H3,(H,19,22)(H,20,21). The molecule has 2 atom stereocenters. The second-order valence-corrected chi connectivity index (χ2v) is 5.73. The largest absolute Gasteiger partial charge is 0.482 e. The van der Waals surface area contributed by atoms with Gasteiger partial charge in [-0.05, 0) is 37.5 Å². The van der Waals surface area contributed by atoms with Crippen molar-refractivity contribution in [2.45, 2.75) is 52.5 Å². The third-order valence-corrected chi connectivity index (χ3v) is 3.87. The first-order chi connectivity index (χ1) is 11.0. The predicted octanol–water partition coefficient (Wildman–Crippen LogP) is 3.54. The van der Waals surface area contributed by atoms with Crippen LogP contribution in [-0.2, 0) is 9.59 Å². The number of unbranched alkanes of at least 4 members (excludes halogenated alkanes) is 1. The molecule has 0 saturated heterocycles. The summed E-state index contributed by atoms with van der Waals surface area (Å²) < 4.78 is 5.10. The number of carbonyl (C=O) groups excluding carboxylic acids is 1. The van der Waals surface area contributed by atoms with Crippen LogP contribution >= 0.6 is 0 Å². The molecule has 5 nitrogen and oxygen atoms in total. The van der Waals surface area contributed by atoms with Crippen LogP contribution in [0.25, 0.3) is 0 Å². The molecule has 128 valence electrons. The average molecular weight is 321 g/mol. The van der Waals surface area contributed by atoms with Gasteiger partial charge < -0.3 is 15.2 Å². The predicted molar refractivity (Wildman–Crippen MR) is 89.4 cm³/mol. The fourth-order valence-electron chi connectivity index (χ4n) is 2.38. The van der Waals surface area contributed by atoms with E-state index in [2.05, 4.69) is 12.2 Å². The number of aliphatic carboxylic acids is 1. The number of hydrogen-bond donors (Lipinski definition) is 2. The van der Waals surface area contributed by atoms with E-state index in [0.29, 0.717) is 5.75 Å². The lowest BCUT2D eigenvalue weighted by atomic mass is 9.97. The summed E-state index contributed by atoms with van der Waals surface area (Å²) in [6.07, 6.45) is 3.93. The van der Waals surface area contributed by atoms with Crippen molar-refractivity contribution in [2.75, 3.05) is 6.61 Å². The van der Waals surface area contributed by atoms with Crippen LogP contribution in [0, 0.1) is 5.92 Å². The molecule has 0 bridgehead atoms. The number of nitrogens with one attached hydrogen (secondary N) is 1. The molecule has 1 amide bonds. The van der Waals surface area contributed by atoms with E-state index in [4.69, 9.17) is 9.84 Å². The molecule has 0 spiro atoms. The molecule has 0 radical (unpaired) electrons. The molecular weight excluding hydrogens is 294 g/mol. The molecule has 1 aromatic rings. The highest BCUT2D eigenvalue weighted by molar-refractivity contribution is 5.79. The number of benzene rings is 1. The van der Waals surface area contributed by atoms with E-state index in [1.54, 1.807) is 12.1 Å². The van der Waals surface area contributed by atoms with E-state index in [1.807, 2.05) is 26.0 Å². The van der Waals surface area contributed by atoms with Crippen molar-refractivity contribution in [3.63, 3.8) is 0 Å². The van der Waals surface area contributed by atoms with Crippen LogP contribution in [0.3, 0.4) is 0 Å². The van der Waals surface area contributed by atoms with Crippen LogP contribution in [0.1, 0.15) is 58.1 Å². The minimum atomic E-state index is -1.01. The van der Waals surface area contributed by atoms with E-state index in [0.717, 1.165) is 31.2 Å². The van der Waals surface area contributed by atoms with Gasteiger partial charge >= 0.3 is 5.97 Å². The van der Waals surface area contributed by atoms with Crippen LogP contribution < -0.4 is 10.1 Å². The van der Waals surface area contributed by atoms with Crippen LogP contribution in [0.2, 0.25) is 0 Å². The summed E-state index contributed by atoms with van der Waals surface area (Å²) in [6, 6.07) is 7.03. The molecular formula is C18H27NO4. The van der Waals surface area contributed by atoms with Crippen LogP contribution in [0.5, 0.6) is 5.75 Å². The smallest absolute Gasteiger partial charge is 0.341 e. The lowest BCUT2D eigenvalue weighted by Gasteiger charge is -2.19. The Balaban J connectivity index is 2.57. The summed E-state index contributed by atoms with van der Waals surface area (Å²) in [6.45, 7) is 5.75. The number of amides is 1. The number of carboxylic acid groups (broad SMARTS) is 1. The second-order valence-electron chi connectivity index (χ2n) is 5.73. The van der Waals surface area contributed by atoms with E-state index < -0.39 is 5.97 Å². The SMILES string of the molecule is CCCCC(CC)C(=O)NC(C)c1ccc(OCC(=O)O)cc1. The molecule has 0 aliphatic heterocycles. The molecule has 2 unspecified atom stereocenters. The summed E-state index contributed by atoms with van der Waals surface area (Å²) >= 11 is 0. The molecule has 0 aliphatic carbocycles. The molecule has 0 saturated carbocycles. The zero-order chi connectivity index (χ0) is 17.2. The Morgan fingerprint density at radius 3 is 2.39 bits per heavy atom. The third kappa shape index (κ3) is 6.72. The monoisotopic (exact) mass is 321 g/mol. The number of hydrogen-bond acceptors (Lipinski definition) is 3. The minimum Gasteiger partial charge on any atom is -0.482 e. The molecule has 0 heterocycles. The first kappa shape index (κ1) is 19.0. The van der Waals surface area contributed by atoms with Gasteiger partial charge in [0.1, 0.15) is 5.75 Å². The van der Waals surface area contributed by atoms with Gasteiger partial charge in [0.15, 0.2) is 6.61 Å². The van der Waals surface area contributed by atoms with Crippen LogP contribution in [-0.4, -0.2) is 23.6 Å². The normalized spacial score (nSPS) is 13.2. The molecule has 23 heavy (non-hydrogen) atoms. The zero-order valence-electron chi connectivity index (χ0n) is 14.2. The van der Waals surface area contributed by atoms with Crippen molar-refractivity contribution in [1.82, 2.24) is 5.32 Å². The van der Waals surface area contributed by atoms with Gasteiger partial charge in [-0.2, -0.15) is 0 Å². The van der Waals surface area contributed by atoms with Crippen molar-refractivity contribution >= 4 is 11.9 Å². The lowest BCUT2D eigenvalue weighted by molar-refractivity contribution is -0.139. The molecule has 1 aromatic carbocycles. The Bertz CT molecular complexity index is 498. The third-order valence-electron chi connectivity index (χ3n) is 3.87. The second kappa shape index (κ2) is 9.87. The van der Waals surface area contributed by atoms with Gasteiger partial charge in [0.2, 0.25) is 5.91 Å². The van der Waals surface area contributed by atoms with E-state index in [9.17, 15) is 9.59 Å². The van der Waals surface area contributed by atoms with Gasteiger partial charge in [0, 0.05) is 5.92 Å². The fourth-order valence-corrected chi connectivity index (χ4v) is 2.38. The maximum atomic E-state index is 12.3. The summed E-state index contributed by atoms with van der Waals surface area (Å²) in [7, 11) is 0. The molecule has 5 heteroatoms. The molecule has 0 aromatic heterocycles. The van der Waals surface area contributed by atoms with Gasteiger partial charge in [0.25, 0.3) is 0 Å². The highest BCUT2D eigenvalue weighted by Crippen LogP contribution is 2.19. The van der Waals surface area contributed by atoms with Crippen LogP contribution in [0.15, 0.2) is 24.3 Å². The Hall–Kier alpha value is -2.04. The van der Waals surface area contributed by atoms with Crippen molar-refractivity contribution in [3.8, 4) is 5.75 Å². The molecule has 1 rings (SSSR count). The molecule has 0 aliphatic rings. The molecule has 2 N–H and O–H groups in total. The number of rotatable bonds is 10. The number of carboxylic acids is 1. The van der Waals surface area contributed by atoms with Gasteiger partial charge in [-0.25, -0.2) is 4.79 Å². The zero-order valence-corrected chi connectivity index (χ0v) is 14.2.